The van der Waals surface area contributed by atoms with E-state index in [1.54, 1.807) is 29.2 Å². The molecule has 4 heteroatoms. The normalized spacial score (nSPS) is 11.2. The van der Waals surface area contributed by atoms with E-state index in [0.717, 1.165) is 5.56 Å². The van der Waals surface area contributed by atoms with Crippen LogP contribution < -0.4 is 0 Å². The Morgan fingerprint density at radius 2 is 1.79 bits per heavy atom. The fourth-order valence-corrected chi connectivity index (χ4v) is 1.91. The molecule has 0 saturated heterocycles. The maximum Gasteiger partial charge on any atom is 0.224 e. The van der Waals surface area contributed by atoms with Crippen LogP contribution in [0.1, 0.15) is 37.3 Å². The average Bonchev–Trinajstić information content (AvgIpc) is 2.46. The van der Waals surface area contributed by atoms with Gasteiger partial charge in [0.1, 0.15) is 0 Å². The van der Waals surface area contributed by atoms with E-state index in [1.165, 1.54) is 0 Å². The maximum atomic E-state index is 12.0. The molecule has 0 aromatic heterocycles. The van der Waals surface area contributed by atoms with Gasteiger partial charge < -0.3 is 4.90 Å². The molecule has 0 heterocycles. The van der Waals surface area contributed by atoms with Gasteiger partial charge in [-0.2, -0.15) is 10.5 Å². The molecule has 0 saturated carbocycles. The average molecular weight is 255 g/mol. The molecule has 1 unspecified atom stereocenters. The molecule has 19 heavy (non-hydrogen) atoms. The van der Waals surface area contributed by atoms with Crippen molar-refractivity contribution in [3.05, 3.63) is 35.4 Å². The molecule has 4 nitrogen and oxygen atoms in total. The van der Waals surface area contributed by atoms with Gasteiger partial charge >= 0.3 is 0 Å². The van der Waals surface area contributed by atoms with Crippen molar-refractivity contribution >= 4 is 5.91 Å². The van der Waals surface area contributed by atoms with Crippen LogP contribution in [0.25, 0.3) is 0 Å². The van der Waals surface area contributed by atoms with Crippen molar-refractivity contribution in [1.29, 1.82) is 10.5 Å². The number of amides is 1. The molecule has 1 amide bonds. The van der Waals surface area contributed by atoms with Crippen molar-refractivity contribution in [3.63, 3.8) is 0 Å². The summed E-state index contributed by atoms with van der Waals surface area (Å²) >= 11 is 0. The summed E-state index contributed by atoms with van der Waals surface area (Å²) < 4.78 is 0. The van der Waals surface area contributed by atoms with E-state index in [1.807, 2.05) is 19.9 Å². The Hall–Kier alpha value is -2.33. The second-order valence-electron chi connectivity index (χ2n) is 4.19. The zero-order valence-corrected chi connectivity index (χ0v) is 11.3. The van der Waals surface area contributed by atoms with Crippen molar-refractivity contribution in [3.8, 4) is 12.1 Å². The minimum atomic E-state index is -0.458. The molecule has 0 N–H and O–H groups in total. The number of carbonyl (C=O) groups excluding carboxylic acids is 1. The number of nitriles is 2. The molecule has 98 valence electrons. The Bertz CT molecular complexity index is 504. The first-order chi connectivity index (χ1) is 9.15. The lowest BCUT2D eigenvalue weighted by Crippen LogP contribution is -2.31. The van der Waals surface area contributed by atoms with Crippen molar-refractivity contribution < 1.29 is 4.79 Å². The summed E-state index contributed by atoms with van der Waals surface area (Å²) in [5.41, 5.74) is 1.33. The molecular weight excluding hydrogens is 238 g/mol. The first-order valence-electron chi connectivity index (χ1n) is 6.33. The van der Waals surface area contributed by atoms with Crippen LogP contribution in [-0.2, 0) is 4.79 Å². The highest BCUT2D eigenvalue weighted by Gasteiger charge is 2.18. The number of carbonyl (C=O) groups is 1. The third kappa shape index (κ3) is 3.82. The maximum absolute atomic E-state index is 12.0. The topological polar surface area (TPSA) is 67.9 Å². The first kappa shape index (κ1) is 14.7. The molecule has 1 rings (SSSR count). The third-order valence-electron chi connectivity index (χ3n) is 3.09. The minimum Gasteiger partial charge on any atom is -0.343 e. The lowest BCUT2D eigenvalue weighted by atomic mass is 9.95. The Morgan fingerprint density at radius 1 is 1.21 bits per heavy atom. The van der Waals surface area contributed by atoms with Gasteiger partial charge in [0.2, 0.25) is 5.91 Å². The first-order valence-corrected chi connectivity index (χ1v) is 6.33. The predicted octanol–water partition coefficient (Wildman–Crippen LogP) is 2.42. The summed E-state index contributed by atoms with van der Waals surface area (Å²) in [6, 6.07) is 11.0. The van der Waals surface area contributed by atoms with Crippen LogP contribution in [-0.4, -0.2) is 23.9 Å². The lowest BCUT2D eigenvalue weighted by Gasteiger charge is -2.20. The second kappa shape index (κ2) is 7.18. The van der Waals surface area contributed by atoms with E-state index >= 15 is 0 Å². The molecule has 0 aliphatic heterocycles. The molecule has 0 radical (unpaired) electrons. The van der Waals surface area contributed by atoms with Gasteiger partial charge in [-0.25, -0.2) is 0 Å². The minimum absolute atomic E-state index is 0.0130. The van der Waals surface area contributed by atoms with Gasteiger partial charge in [0.25, 0.3) is 0 Å². The van der Waals surface area contributed by atoms with Crippen molar-refractivity contribution in [2.75, 3.05) is 13.1 Å². The SMILES string of the molecule is CCN(CC)C(=O)CC(C#N)c1ccc(C#N)cc1. The zero-order chi connectivity index (χ0) is 14.3. The Morgan fingerprint density at radius 3 is 2.21 bits per heavy atom. The fourth-order valence-electron chi connectivity index (χ4n) is 1.91. The molecule has 0 bridgehead atoms. The van der Waals surface area contributed by atoms with Gasteiger partial charge in [-0.05, 0) is 31.5 Å². The molecule has 0 fully saturated rings. The fraction of sp³-hybridized carbons (Fsp3) is 0.400. The van der Waals surface area contributed by atoms with Crippen LogP contribution in [0.4, 0.5) is 0 Å². The van der Waals surface area contributed by atoms with Gasteiger partial charge in [0.15, 0.2) is 0 Å². The highest BCUT2D eigenvalue weighted by atomic mass is 16.2. The van der Waals surface area contributed by atoms with Crippen molar-refractivity contribution in [2.24, 2.45) is 0 Å². The van der Waals surface area contributed by atoms with Crippen LogP contribution in [0, 0.1) is 22.7 Å². The molecule has 0 aliphatic rings. The van der Waals surface area contributed by atoms with Crippen LogP contribution in [0.15, 0.2) is 24.3 Å². The van der Waals surface area contributed by atoms with Gasteiger partial charge in [-0.1, -0.05) is 12.1 Å². The van der Waals surface area contributed by atoms with Crippen LogP contribution in [0.2, 0.25) is 0 Å². The molecule has 1 aromatic rings. The van der Waals surface area contributed by atoms with Crippen molar-refractivity contribution in [1.82, 2.24) is 4.90 Å². The number of hydrogen-bond acceptors (Lipinski definition) is 3. The van der Waals surface area contributed by atoms with E-state index in [4.69, 9.17) is 5.26 Å². The number of rotatable bonds is 5. The third-order valence-corrected chi connectivity index (χ3v) is 3.09. The highest BCUT2D eigenvalue weighted by Crippen LogP contribution is 2.20. The standard InChI is InChI=1S/C15H17N3O/c1-3-18(4-2)15(19)9-14(11-17)13-7-5-12(10-16)6-8-13/h5-8,14H,3-4,9H2,1-2H3. The largest absolute Gasteiger partial charge is 0.343 e. The number of hydrogen-bond donors (Lipinski definition) is 0. The number of nitrogens with zero attached hydrogens (tertiary/aromatic N) is 3. The lowest BCUT2D eigenvalue weighted by molar-refractivity contribution is -0.130. The smallest absolute Gasteiger partial charge is 0.224 e. The molecule has 0 spiro atoms. The van der Waals surface area contributed by atoms with Gasteiger partial charge in [0, 0.05) is 19.5 Å². The predicted molar refractivity (Wildman–Crippen MR) is 72.1 cm³/mol. The van der Waals surface area contributed by atoms with E-state index in [0.29, 0.717) is 18.7 Å². The van der Waals surface area contributed by atoms with E-state index in [-0.39, 0.29) is 12.3 Å². The quantitative estimate of drug-likeness (QED) is 0.811. The summed E-state index contributed by atoms with van der Waals surface area (Å²) in [4.78, 5) is 13.7. The van der Waals surface area contributed by atoms with Gasteiger partial charge in [-0.15, -0.1) is 0 Å². The van der Waals surface area contributed by atoms with E-state index in [9.17, 15) is 10.1 Å². The van der Waals surface area contributed by atoms with E-state index in [2.05, 4.69) is 6.07 Å². The zero-order valence-electron chi connectivity index (χ0n) is 11.3. The van der Waals surface area contributed by atoms with E-state index < -0.39 is 5.92 Å². The Balaban J connectivity index is 2.81. The van der Waals surface area contributed by atoms with Crippen molar-refractivity contribution in [2.45, 2.75) is 26.2 Å². The molecular formula is C15H17N3O. The molecule has 1 atom stereocenters. The molecule has 1 aromatic carbocycles. The van der Waals surface area contributed by atoms with Gasteiger partial charge in [-0.3, -0.25) is 4.79 Å². The van der Waals surface area contributed by atoms with Crippen LogP contribution in [0.3, 0.4) is 0 Å². The summed E-state index contributed by atoms with van der Waals surface area (Å²) in [5.74, 6) is -0.471. The van der Waals surface area contributed by atoms with Gasteiger partial charge in [0.05, 0.1) is 23.6 Å². The summed E-state index contributed by atoms with van der Waals surface area (Å²) in [5, 5.41) is 17.9. The highest BCUT2D eigenvalue weighted by molar-refractivity contribution is 5.77. The summed E-state index contributed by atoms with van der Waals surface area (Å²) in [6.45, 7) is 5.15. The van der Waals surface area contributed by atoms with Crippen LogP contribution >= 0.6 is 0 Å². The molecule has 0 aliphatic carbocycles. The Kier molecular flexibility index (Phi) is 5.57. The monoisotopic (exact) mass is 255 g/mol. The second-order valence-corrected chi connectivity index (χ2v) is 4.19. The number of benzene rings is 1. The summed E-state index contributed by atoms with van der Waals surface area (Å²) in [7, 11) is 0. The summed E-state index contributed by atoms with van der Waals surface area (Å²) in [6.07, 6.45) is 0.185. The Labute approximate surface area is 113 Å². The van der Waals surface area contributed by atoms with Crippen LogP contribution in [0.5, 0.6) is 0 Å².